The summed E-state index contributed by atoms with van der Waals surface area (Å²) in [6, 6.07) is 12.1. The quantitative estimate of drug-likeness (QED) is 0.387. The number of ether oxygens (including phenoxy) is 2. The van der Waals surface area contributed by atoms with Gasteiger partial charge in [0.1, 0.15) is 11.5 Å². The van der Waals surface area contributed by atoms with Gasteiger partial charge in [0.25, 0.3) is 0 Å². The molecule has 39 heavy (non-hydrogen) atoms. The van der Waals surface area contributed by atoms with Gasteiger partial charge in [0, 0.05) is 30.7 Å². The summed E-state index contributed by atoms with van der Waals surface area (Å²) in [6.45, 7) is 20.9. The van der Waals surface area contributed by atoms with Crippen molar-refractivity contribution in [1.82, 2.24) is 0 Å². The number of hydrogen-bond donors (Lipinski definition) is 1. The van der Waals surface area contributed by atoms with Gasteiger partial charge >= 0.3 is 0 Å². The highest BCUT2D eigenvalue weighted by atomic mass is 35.5. The first-order chi connectivity index (χ1) is 18.1. The Morgan fingerprint density at radius 1 is 0.846 bits per heavy atom. The normalized spacial score (nSPS) is 15.8. The van der Waals surface area contributed by atoms with Crippen LogP contribution in [0.4, 0.5) is 11.4 Å². The van der Waals surface area contributed by atoms with Crippen molar-refractivity contribution in [2.24, 2.45) is 0 Å². The molecule has 0 unspecified atom stereocenters. The molecule has 2 aliphatic heterocycles. The topological polar surface area (TPSA) is 67.9 Å². The van der Waals surface area contributed by atoms with Crippen LogP contribution in [0.25, 0.3) is 11.1 Å². The zero-order valence-corrected chi connectivity index (χ0v) is 25.7. The Morgan fingerprint density at radius 2 is 1.33 bits per heavy atom. The molecule has 7 heteroatoms. The lowest BCUT2D eigenvalue weighted by atomic mass is 9.88. The summed E-state index contributed by atoms with van der Waals surface area (Å²) in [5.74, 6) is 1.84. The zero-order valence-electron chi connectivity index (χ0n) is 25.0. The highest BCUT2D eigenvalue weighted by Crippen LogP contribution is 2.40. The number of halogens is 1. The summed E-state index contributed by atoms with van der Waals surface area (Å²) < 4.78 is 11.1. The van der Waals surface area contributed by atoms with Crippen LogP contribution in [0.3, 0.4) is 0 Å². The number of rotatable bonds is 4. The van der Waals surface area contributed by atoms with Crippen LogP contribution in [0, 0.1) is 0 Å². The Kier molecular flexibility index (Phi) is 10.8. The van der Waals surface area contributed by atoms with Gasteiger partial charge in [-0.3, -0.25) is 9.59 Å². The van der Waals surface area contributed by atoms with Crippen LogP contribution in [-0.4, -0.2) is 35.4 Å². The number of nitrogens with one attached hydrogen (secondary N) is 1. The third-order valence-electron chi connectivity index (χ3n) is 6.17. The molecule has 212 valence electrons. The lowest BCUT2D eigenvalue weighted by Gasteiger charge is -2.41. The maximum Gasteiger partial charge on any atom is 0.224 e. The van der Waals surface area contributed by atoms with Crippen molar-refractivity contribution in [2.45, 2.75) is 80.3 Å². The van der Waals surface area contributed by atoms with Crippen molar-refractivity contribution >= 4 is 45.3 Å². The molecular weight excluding hydrogens is 512 g/mol. The van der Waals surface area contributed by atoms with Crippen LogP contribution in [-0.2, 0) is 9.59 Å². The van der Waals surface area contributed by atoms with E-state index in [0.717, 1.165) is 22.7 Å². The fraction of sp³-hybridized carbons (Fsp3) is 0.438. The number of amides is 1. The Balaban J connectivity index is 0.000000243. The van der Waals surface area contributed by atoms with E-state index in [2.05, 4.69) is 82.7 Å². The minimum atomic E-state index is -0.361. The van der Waals surface area contributed by atoms with Crippen LogP contribution >= 0.6 is 11.6 Å². The third kappa shape index (κ3) is 8.62. The lowest BCUT2D eigenvalue weighted by molar-refractivity contribution is -0.117. The molecule has 0 aromatic heterocycles. The van der Waals surface area contributed by atoms with E-state index < -0.39 is 0 Å². The molecule has 0 bridgehead atoms. The number of benzene rings is 2. The van der Waals surface area contributed by atoms with Crippen molar-refractivity contribution in [2.75, 3.05) is 23.4 Å². The molecule has 6 nitrogen and oxygen atoms in total. The molecule has 0 radical (unpaired) electrons. The van der Waals surface area contributed by atoms with Gasteiger partial charge in [-0.05, 0) is 115 Å². The fourth-order valence-corrected chi connectivity index (χ4v) is 5.06. The van der Waals surface area contributed by atoms with E-state index in [1.807, 2.05) is 43.0 Å². The molecule has 0 saturated carbocycles. The minimum absolute atomic E-state index is 0.0320. The monoisotopic (exact) mass is 554 g/mol. The van der Waals surface area contributed by atoms with Gasteiger partial charge in [-0.25, -0.2) is 0 Å². The Hall–Kier alpha value is -3.25. The summed E-state index contributed by atoms with van der Waals surface area (Å²) in [6.07, 6.45) is 4.39. The van der Waals surface area contributed by atoms with E-state index in [4.69, 9.17) is 9.47 Å². The van der Waals surface area contributed by atoms with E-state index in [9.17, 15) is 9.59 Å². The molecule has 2 heterocycles. The summed E-state index contributed by atoms with van der Waals surface area (Å²) >= 11 is 4.64. The highest BCUT2D eigenvalue weighted by molar-refractivity contribution is 6.62. The van der Waals surface area contributed by atoms with Gasteiger partial charge in [0.2, 0.25) is 11.1 Å². The molecule has 0 spiro atoms. The van der Waals surface area contributed by atoms with E-state index in [1.54, 1.807) is 6.92 Å². The fourth-order valence-electron chi connectivity index (χ4n) is 5.06. The predicted octanol–water partition coefficient (Wildman–Crippen LogP) is 8.10. The molecular formula is C32H43ClN2O4. The molecule has 0 fully saturated rings. The second-order valence-electron chi connectivity index (χ2n) is 10.7. The second-order valence-corrected chi connectivity index (χ2v) is 11.3. The Morgan fingerprint density at radius 3 is 1.85 bits per heavy atom. The number of carbonyl (C=O) groups excluding carboxylic acids is 2. The summed E-state index contributed by atoms with van der Waals surface area (Å²) in [7, 11) is 0. The Bertz CT molecular complexity index is 1260. The average Bonchev–Trinajstić information content (AvgIpc) is 2.79. The van der Waals surface area contributed by atoms with E-state index >= 15 is 0 Å². The first-order valence-corrected chi connectivity index (χ1v) is 13.7. The van der Waals surface area contributed by atoms with Gasteiger partial charge in [-0.15, -0.1) is 0 Å². The van der Waals surface area contributed by atoms with Crippen molar-refractivity contribution in [1.29, 1.82) is 0 Å². The maximum absolute atomic E-state index is 12.0. The van der Waals surface area contributed by atoms with E-state index in [0.29, 0.717) is 13.2 Å². The number of allylic oxidation sites excluding steroid dienone is 2. The number of carbonyl (C=O) groups is 2. The summed E-state index contributed by atoms with van der Waals surface area (Å²) in [4.78, 5) is 23.0. The average molecular weight is 555 g/mol. The molecule has 4 rings (SSSR count). The predicted molar refractivity (Wildman–Crippen MR) is 164 cm³/mol. The minimum Gasteiger partial charge on any atom is -0.494 e. The number of anilines is 2. The summed E-state index contributed by atoms with van der Waals surface area (Å²) in [5, 5.41) is 3.14. The lowest BCUT2D eigenvalue weighted by Crippen LogP contribution is -2.47. The molecule has 1 amide bonds. The van der Waals surface area contributed by atoms with Crippen LogP contribution in [0.15, 0.2) is 48.6 Å². The number of fused-ring (bicyclic) bond motifs is 2. The molecule has 0 aliphatic carbocycles. The van der Waals surface area contributed by atoms with Crippen molar-refractivity contribution in [3.8, 4) is 11.5 Å². The molecule has 2 aromatic rings. The maximum atomic E-state index is 12.0. The molecule has 2 aliphatic rings. The van der Waals surface area contributed by atoms with Crippen molar-refractivity contribution in [3.63, 3.8) is 0 Å². The second kappa shape index (κ2) is 13.2. The zero-order chi connectivity index (χ0) is 29.5. The van der Waals surface area contributed by atoms with Crippen molar-refractivity contribution in [3.05, 3.63) is 59.7 Å². The summed E-state index contributed by atoms with van der Waals surface area (Å²) in [5.41, 5.74) is 6.68. The first-order valence-electron chi connectivity index (χ1n) is 13.3. The van der Waals surface area contributed by atoms with Gasteiger partial charge in [0.05, 0.1) is 30.0 Å². The number of hydrogen-bond acceptors (Lipinski definition) is 5. The van der Waals surface area contributed by atoms with Crippen LogP contribution in [0.5, 0.6) is 11.5 Å². The molecule has 0 atom stereocenters. The van der Waals surface area contributed by atoms with Crippen LogP contribution in [0.2, 0.25) is 0 Å². The van der Waals surface area contributed by atoms with Crippen LogP contribution < -0.4 is 19.7 Å². The van der Waals surface area contributed by atoms with E-state index in [-0.39, 0.29) is 22.2 Å². The molecule has 2 aromatic carbocycles. The largest absolute Gasteiger partial charge is 0.494 e. The standard InChI is InChI=1S/C16H21NO2.C14H19NO.C2H3ClO/c1-6-19-13-7-8-15-14(9-13)11(2)10-16(4,5)17(15)12(3)18;1-5-16-11-6-7-13-12(8-11)10(2)9-14(3,4)15-13;1-2(3)4/h7-10H,6H2,1-5H3;6-9,15H,5H2,1-4H3;1H3. The van der Waals surface area contributed by atoms with Gasteiger partial charge < -0.3 is 19.7 Å². The molecule has 0 saturated heterocycles. The van der Waals surface area contributed by atoms with Gasteiger partial charge in [-0.2, -0.15) is 0 Å². The first kappa shape index (κ1) is 32.0. The molecule has 1 N–H and O–H groups in total. The number of nitrogens with zero attached hydrogens (tertiary/aromatic N) is 1. The third-order valence-corrected chi connectivity index (χ3v) is 6.17. The van der Waals surface area contributed by atoms with Gasteiger partial charge in [-0.1, -0.05) is 12.2 Å². The van der Waals surface area contributed by atoms with Crippen LogP contribution in [0.1, 0.15) is 80.4 Å². The SMILES string of the molecule is CC(=O)Cl.CCOc1ccc2c(c1)C(C)=CC(C)(C)N2.CCOc1ccc2c(c1)C(C)=CC(C)(C)N2C(C)=O. The smallest absolute Gasteiger partial charge is 0.224 e. The Labute approximate surface area is 239 Å². The van der Waals surface area contributed by atoms with Gasteiger partial charge in [0.15, 0.2) is 0 Å². The van der Waals surface area contributed by atoms with E-state index in [1.165, 1.54) is 29.3 Å². The van der Waals surface area contributed by atoms with Crippen molar-refractivity contribution < 1.29 is 19.1 Å². The highest BCUT2D eigenvalue weighted by Gasteiger charge is 2.34.